The number of nitrogens with zero attached hydrogens (tertiary/aromatic N) is 2. The van der Waals surface area contributed by atoms with E-state index >= 15 is 0 Å². The molecule has 0 radical (unpaired) electrons. The number of fused-ring (bicyclic) bond motifs is 1. The zero-order valence-electron chi connectivity index (χ0n) is 16.8. The second-order valence-electron chi connectivity index (χ2n) is 7.17. The lowest BCUT2D eigenvalue weighted by atomic mass is 10.1. The molecular weight excluding hydrogens is 398 g/mol. The van der Waals surface area contributed by atoms with Gasteiger partial charge in [-0.3, -0.25) is 9.48 Å². The summed E-state index contributed by atoms with van der Waals surface area (Å²) in [6.45, 7) is 2.54. The molecule has 1 amide bonds. The van der Waals surface area contributed by atoms with Crippen molar-refractivity contribution in [2.24, 2.45) is 0 Å². The zero-order valence-corrected chi connectivity index (χ0v) is 17.6. The summed E-state index contributed by atoms with van der Waals surface area (Å²) in [4.78, 5) is 12.8. The lowest BCUT2D eigenvalue weighted by Gasteiger charge is -2.15. The Morgan fingerprint density at radius 3 is 2.67 bits per heavy atom. The Hall–Kier alpha value is -3.31. The second-order valence-corrected chi connectivity index (χ2v) is 7.61. The minimum Gasteiger partial charge on any atom is -0.497 e. The third kappa shape index (κ3) is 4.31. The Morgan fingerprint density at radius 1 is 1.13 bits per heavy atom. The fourth-order valence-corrected chi connectivity index (χ4v) is 3.61. The Kier molecular flexibility index (Phi) is 5.72. The summed E-state index contributed by atoms with van der Waals surface area (Å²) >= 11 is 6.10. The van der Waals surface area contributed by atoms with Crippen LogP contribution in [0.2, 0.25) is 5.02 Å². The molecule has 0 saturated heterocycles. The highest BCUT2D eigenvalue weighted by Crippen LogP contribution is 2.21. The number of hydrogen-bond acceptors (Lipinski definition) is 3. The SMILES string of the molecule is COc1ccc([C@@H](C)NC(=O)c2ccc3cnn(Cc4cccc(Cl)c4)c3c2)cc1. The molecule has 1 atom stereocenters. The normalized spacial score (nSPS) is 12.0. The van der Waals surface area contributed by atoms with Crippen LogP contribution in [0.3, 0.4) is 0 Å². The lowest BCUT2D eigenvalue weighted by molar-refractivity contribution is 0.0940. The van der Waals surface area contributed by atoms with Gasteiger partial charge in [0.2, 0.25) is 0 Å². The first-order valence-corrected chi connectivity index (χ1v) is 10.1. The van der Waals surface area contributed by atoms with E-state index in [0.29, 0.717) is 17.1 Å². The van der Waals surface area contributed by atoms with Crippen LogP contribution in [0.1, 0.15) is 34.5 Å². The van der Waals surface area contributed by atoms with Crippen LogP contribution in [0, 0.1) is 0 Å². The predicted molar refractivity (Wildman–Crippen MR) is 119 cm³/mol. The number of rotatable bonds is 6. The van der Waals surface area contributed by atoms with E-state index in [1.807, 2.05) is 84.5 Å². The largest absolute Gasteiger partial charge is 0.497 e. The summed E-state index contributed by atoms with van der Waals surface area (Å²) in [5.74, 6) is 0.659. The summed E-state index contributed by atoms with van der Waals surface area (Å²) < 4.78 is 7.07. The monoisotopic (exact) mass is 419 g/mol. The summed E-state index contributed by atoms with van der Waals surface area (Å²) in [5.41, 5.74) is 3.56. The van der Waals surface area contributed by atoms with E-state index < -0.39 is 0 Å². The molecule has 152 valence electrons. The van der Waals surface area contributed by atoms with Gasteiger partial charge in [0, 0.05) is 16.0 Å². The average molecular weight is 420 g/mol. The molecule has 0 aliphatic carbocycles. The van der Waals surface area contributed by atoms with Crippen molar-refractivity contribution in [1.82, 2.24) is 15.1 Å². The first kappa shape index (κ1) is 20.0. The Labute approximate surface area is 180 Å². The van der Waals surface area contributed by atoms with Gasteiger partial charge in [-0.25, -0.2) is 0 Å². The van der Waals surface area contributed by atoms with Crippen molar-refractivity contribution >= 4 is 28.4 Å². The molecule has 5 nitrogen and oxygen atoms in total. The van der Waals surface area contributed by atoms with E-state index in [0.717, 1.165) is 27.8 Å². The Morgan fingerprint density at radius 2 is 1.93 bits per heavy atom. The number of carbonyl (C=O) groups excluding carboxylic acids is 1. The molecule has 6 heteroatoms. The number of aromatic nitrogens is 2. The van der Waals surface area contributed by atoms with Gasteiger partial charge in [-0.2, -0.15) is 5.10 Å². The molecule has 0 bridgehead atoms. The summed E-state index contributed by atoms with van der Waals surface area (Å²) in [6.07, 6.45) is 1.81. The van der Waals surface area contributed by atoms with E-state index in [4.69, 9.17) is 16.3 Å². The second kappa shape index (κ2) is 8.59. The molecule has 0 aliphatic heterocycles. The van der Waals surface area contributed by atoms with E-state index in [-0.39, 0.29) is 11.9 Å². The third-order valence-corrected chi connectivity index (χ3v) is 5.33. The molecule has 0 saturated carbocycles. The Bertz CT molecular complexity index is 1180. The van der Waals surface area contributed by atoms with Gasteiger partial charge in [0.1, 0.15) is 5.75 Å². The van der Waals surface area contributed by atoms with Gasteiger partial charge < -0.3 is 10.1 Å². The molecule has 3 aromatic carbocycles. The molecule has 0 unspecified atom stereocenters. The van der Waals surface area contributed by atoms with Gasteiger partial charge in [0.15, 0.2) is 0 Å². The minimum absolute atomic E-state index is 0.129. The van der Waals surface area contributed by atoms with Crippen LogP contribution >= 0.6 is 11.6 Å². The van der Waals surface area contributed by atoms with Crippen LogP contribution in [0.15, 0.2) is 72.9 Å². The molecule has 30 heavy (non-hydrogen) atoms. The quantitative estimate of drug-likeness (QED) is 0.465. The van der Waals surface area contributed by atoms with Gasteiger partial charge in [0.25, 0.3) is 5.91 Å². The highest BCUT2D eigenvalue weighted by atomic mass is 35.5. The predicted octanol–water partition coefficient (Wildman–Crippen LogP) is 5.24. The third-order valence-electron chi connectivity index (χ3n) is 5.09. The molecule has 0 spiro atoms. The van der Waals surface area contributed by atoms with E-state index in [2.05, 4.69) is 10.4 Å². The maximum Gasteiger partial charge on any atom is 0.251 e. The van der Waals surface area contributed by atoms with E-state index in [1.165, 1.54) is 0 Å². The molecule has 0 fully saturated rings. The van der Waals surface area contributed by atoms with Gasteiger partial charge in [-0.1, -0.05) is 41.9 Å². The van der Waals surface area contributed by atoms with Crippen molar-refractivity contribution in [3.63, 3.8) is 0 Å². The van der Waals surface area contributed by atoms with Gasteiger partial charge in [-0.15, -0.1) is 0 Å². The molecule has 4 rings (SSSR count). The summed E-state index contributed by atoms with van der Waals surface area (Å²) in [6, 6.07) is 20.9. The number of benzene rings is 3. The lowest BCUT2D eigenvalue weighted by Crippen LogP contribution is -2.26. The van der Waals surface area contributed by atoms with Crippen LogP contribution in [0.5, 0.6) is 5.75 Å². The number of halogens is 1. The van der Waals surface area contributed by atoms with Gasteiger partial charge in [0.05, 0.1) is 31.4 Å². The van der Waals surface area contributed by atoms with Crippen LogP contribution < -0.4 is 10.1 Å². The van der Waals surface area contributed by atoms with Crippen molar-refractivity contribution in [1.29, 1.82) is 0 Å². The van der Waals surface area contributed by atoms with Crippen molar-refractivity contribution < 1.29 is 9.53 Å². The number of nitrogens with one attached hydrogen (secondary N) is 1. The number of carbonyl (C=O) groups is 1. The standard InChI is InChI=1S/C24H22ClN3O2/c1-16(18-8-10-22(30-2)11-9-18)27-24(29)19-6-7-20-14-26-28(23(20)13-19)15-17-4-3-5-21(25)12-17/h3-14,16H,15H2,1-2H3,(H,27,29)/t16-/m1/s1. The van der Waals surface area contributed by atoms with Crippen LogP contribution in [0.25, 0.3) is 10.9 Å². The van der Waals surface area contributed by atoms with Crippen molar-refractivity contribution in [3.05, 3.63) is 94.6 Å². The van der Waals surface area contributed by atoms with Crippen LogP contribution in [-0.4, -0.2) is 22.8 Å². The molecule has 0 aliphatic rings. The van der Waals surface area contributed by atoms with Gasteiger partial charge in [-0.05, 0) is 54.4 Å². The molecular formula is C24H22ClN3O2. The highest BCUT2D eigenvalue weighted by Gasteiger charge is 2.14. The summed E-state index contributed by atoms with van der Waals surface area (Å²) in [7, 11) is 1.63. The summed E-state index contributed by atoms with van der Waals surface area (Å²) in [5, 5.41) is 9.21. The molecule has 4 aromatic rings. The van der Waals surface area contributed by atoms with Crippen molar-refractivity contribution in [2.75, 3.05) is 7.11 Å². The number of amides is 1. The minimum atomic E-state index is -0.129. The van der Waals surface area contributed by atoms with Crippen molar-refractivity contribution in [2.45, 2.75) is 19.5 Å². The fourth-order valence-electron chi connectivity index (χ4n) is 3.40. The zero-order chi connectivity index (χ0) is 21.1. The van der Waals surface area contributed by atoms with Crippen LogP contribution in [-0.2, 0) is 6.54 Å². The average Bonchev–Trinajstić information content (AvgIpc) is 3.15. The van der Waals surface area contributed by atoms with E-state index in [1.54, 1.807) is 7.11 Å². The first-order chi connectivity index (χ1) is 14.5. The molecule has 1 aromatic heterocycles. The van der Waals surface area contributed by atoms with Gasteiger partial charge >= 0.3 is 0 Å². The van der Waals surface area contributed by atoms with Crippen molar-refractivity contribution in [3.8, 4) is 5.75 Å². The Balaban J connectivity index is 1.54. The maximum absolute atomic E-state index is 12.8. The van der Waals surface area contributed by atoms with Crippen LogP contribution in [0.4, 0.5) is 0 Å². The first-order valence-electron chi connectivity index (χ1n) is 9.68. The maximum atomic E-state index is 12.8. The number of methoxy groups -OCH3 is 1. The number of ether oxygens (including phenoxy) is 1. The smallest absolute Gasteiger partial charge is 0.251 e. The molecule has 1 heterocycles. The van der Waals surface area contributed by atoms with E-state index in [9.17, 15) is 4.79 Å². The highest BCUT2D eigenvalue weighted by molar-refractivity contribution is 6.30. The fraction of sp³-hybridized carbons (Fsp3) is 0.167. The topological polar surface area (TPSA) is 56.1 Å². The molecule has 1 N–H and O–H groups in total. The number of hydrogen-bond donors (Lipinski definition) is 1.